The number of ether oxygens (including phenoxy) is 1. The lowest BCUT2D eigenvalue weighted by atomic mass is 9.80. The van der Waals surface area contributed by atoms with Crippen LogP contribution in [0.3, 0.4) is 0 Å². The highest BCUT2D eigenvalue weighted by Gasteiger charge is 2.38. The average Bonchev–Trinajstić information content (AvgIpc) is 2.23. The van der Waals surface area contributed by atoms with Crippen molar-refractivity contribution in [2.45, 2.75) is 19.9 Å². The molecule has 4 heteroatoms. The van der Waals surface area contributed by atoms with Crippen LogP contribution in [0.4, 0.5) is 4.79 Å². The molecule has 0 saturated carbocycles. The number of benzene rings is 1. The first-order valence-corrected chi connectivity index (χ1v) is 6.26. The molecule has 1 aromatic carbocycles. The Morgan fingerprint density at radius 1 is 1.44 bits per heavy atom. The number of nitrogens with one attached hydrogen (secondary N) is 1. The number of hydrogen-bond donors (Lipinski definition) is 1. The normalized spacial score (nSPS) is 23.4. The van der Waals surface area contributed by atoms with E-state index in [0.717, 1.165) is 5.56 Å². The van der Waals surface area contributed by atoms with E-state index >= 15 is 0 Å². The van der Waals surface area contributed by atoms with E-state index in [1.807, 2.05) is 18.2 Å². The molecular weight excluding hydrogens is 317 g/mol. The largest absolute Gasteiger partial charge is 0.449 e. The van der Waals surface area contributed by atoms with Crippen molar-refractivity contribution in [3.8, 4) is 0 Å². The number of amides is 1. The quantitative estimate of drug-likeness (QED) is 0.803. The number of carbonyl (C=O) groups is 1. The Hall–Kier alpha value is -0.780. The second kappa shape index (κ2) is 4.24. The van der Waals surface area contributed by atoms with Crippen LogP contribution in [0.1, 0.15) is 25.5 Å². The number of alkyl carbamates (subject to hydrolysis) is 1. The third-order valence-electron chi connectivity index (χ3n) is 2.84. The SMILES string of the molecule is CC1(C)COC(=O)N[C@@H]1c1ccccc1I. The maximum Gasteiger partial charge on any atom is 0.407 e. The van der Waals surface area contributed by atoms with Crippen molar-refractivity contribution in [2.75, 3.05) is 6.61 Å². The molecular formula is C12H14INO2. The maximum absolute atomic E-state index is 11.3. The van der Waals surface area contributed by atoms with Crippen molar-refractivity contribution < 1.29 is 9.53 Å². The summed E-state index contributed by atoms with van der Waals surface area (Å²) in [6, 6.07) is 8.11. The van der Waals surface area contributed by atoms with Gasteiger partial charge in [0.25, 0.3) is 0 Å². The van der Waals surface area contributed by atoms with Crippen molar-refractivity contribution in [1.29, 1.82) is 0 Å². The van der Waals surface area contributed by atoms with Crippen LogP contribution in [0.15, 0.2) is 24.3 Å². The lowest BCUT2D eigenvalue weighted by Crippen LogP contribution is -2.47. The van der Waals surface area contributed by atoms with Gasteiger partial charge >= 0.3 is 6.09 Å². The van der Waals surface area contributed by atoms with E-state index < -0.39 is 0 Å². The van der Waals surface area contributed by atoms with Crippen molar-refractivity contribution in [2.24, 2.45) is 5.41 Å². The summed E-state index contributed by atoms with van der Waals surface area (Å²) in [5.74, 6) is 0. The zero-order valence-electron chi connectivity index (χ0n) is 9.29. The summed E-state index contributed by atoms with van der Waals surface area (Å²) in [6.45, 7) is 4.65. The first-order chi connectivity index (χ1) is 7.50. The Morgan fingerprint density at radius 2 is 2.12 bits per heavy atom. The lowest BCUT2D eigenvalue weighted by molar-refractivity contribution is 0.0385. The van der Waals surface area contributed by atoms with E-state index in [1.54, 1.807) is 0 Å². The molecule has 0 unspecified atom stereocenters. The zero-order chi connectivity index (χ0) is 11.8. The number of halogens is 1. The highest BCUT2D eigenvalue weighted by Crippen LogP contribution is 2.37. The Bertz CT molecular complexity index is 417. The summed E-state index contributed by atoms with van der Waals surface area (Å²) in [5.41, 5.74) is 1.07. The van der Waals surface area contributed by atoms with Crippen LogP contribution in [0.2, 0.25) is 0 Å². The zero-order valence-corrected chi connectivity index (χ0v) is 11.4. The van der Waals surface area contributed by atoms with E-state index in [2.05, 4.69) is 47.8 Å². The molecule has 1 amide bonds. The third kappa shape index (κ3) is 2.16. The summed E-state index contributed by atoms with van der Waals surface area (Å²) >= 11 is 2.29. The molecule has 1 aliphatic heterocycles. The predicted molar refractivity (Wildman–Crippen MR) is 70.2 cm³/mol. The van der Waals surface area contributed by atoms with Gasteiger partial charge in [-0.2, -0.15) is 0 Å². The van der Waals surface area contributed by atoms with Crippen molar-refractivity contribution in [3.05, 3.63) is 33.4 Å². The summed E-state index contributed by atoms with van der Waals surface area (Å²) < 4.78 is 6.20. The molecule has 1 aliphatic rings. The van der Waals surface area contributed by atoms with Gasteiger partial charge in [0.2, 0.25) is 0 Å². The fourth-order valence-corrected chi connectivity index (χ4v) is 2.60. The molecule has 0 aromatic heterocycles. The second-order valence-corrected chi connectivity index (χ2v) is 5.83. The standard InChI is InChI=1S/C12H14INO2/c1-12(2)7-16-11(15)14-10(12)8-5-3-4-6-9(8)13/h3-6,10H,7H2,1-2H3,(H,14,15)/t10-/m1/s1. The average molecular weight is 331 g/mol. The first-order valence-electron chi connectivity index (χ1n) is 5.18. The van der Waals surface area contributed by atoms with E-state index in [1.165, 1.54) is 3.57 Å². The predicted octanol–water partition coefficient (Wildman–Crippen LogP) is 3.10. The van der Waals surface area contributed by atoms with Crippen molar-refractivity contribution >= 4 is 28.7 Å². The smallest absolute Gasteiger partial charge is 0.407 e. The lowest BCUT2D eigenvalue weighted by Gasteiger charge is -2.38. The summed E-state index contributed by atoms with van der Waals surface area (Å²) in [6.07, 6.45) is -0.330. The summed E-state index contributed by atoms with van der Waals surface area (Å²) in [5, 5.41) is 2.90. The molecule has 1 fully saturated rings. The molecule has 1 saturated heterocycles. The van der Waals surface area contributed by atoms with Gasteiger partial charge in [0.1, 0.15) is 6.61 Å². The van der Waals surface area contributed by atoms with Gasteiger partial charge in [-0.25, -0.2) is 4.79 Å². The fourth-order valence-electron chi connectivity index (χ4n) is 1.90. The van der Waals surface area contributed by atoms with E-state index in [0.29, 0.717) is 6.61 Å². The minimum atomic E-state index is -0.330. The molecule has 0 bridgehead atoms. The monoisotopic (exact) mass is 331 g/mol. The number of hydrogen-bond acceptors (Lipinski definition) is 2. The van der Waals surface area contributed by atoms with Gasteiger partial charge in [-0.3, -0.25) is 0 Å². The molecule has 1 N–H and O–H groups in total. The Morgan fingerprint density at radius 3 is 2.81 bits per heavy atom. The molecule has 1 aromatic rings. The van der Waals surface area contributed by atoms with Gasteiger partial charge in [0.15, 0.2) is 0 Å². The van der Waals surface area contributed by atoms with Crippen LogP contribution in [-0.4, -0.2) is 12.7 Å². The molecule has 1 heterocycles. The van der Waals surface area contributed by atoms with Crippen LogP contribution in [-0.2, 0) is 4.74 Å². The highest BCUT2D eigenvalue weighted by molar-refractivity contribution is 14.1. The highest BCUT2D eigenvalue weighted by atomic mass is 127. The number of carbonyl (C=O) groups excluding carboxylic acids is 1. The minimum Gasteiger partial charge on any atom is -0.449 e. The van der Waals surface area contributed by atoms with Gasteiger partial charge < -0.3 is 10.1 Å². The van der Waals surface area contributed by atoms with Crippen LogP contribution < -0.4 is 5.32 Å². The topological polar surface area (TPSA) is 38.3 Å². The van der Waals surface area contributed by atoms with Gasteiger partial charge in [0.05, 0.1) is 6.04 Å². The molecule has 0 spiro atoms. The Balaban J connectivity index is 2.38. The summed E-state index contributed by atoms with van der Waals surface area (Å²) in [7, 11) is 0. The van der Waals surface area contributed by atoms with E-state index in [9.17, 15) is 4.79 Å². The molecule has 0 aliphatic carbocycles. The van der Waals surface area contributed by atoms with Gasteiger partial charge in [-0.05, 0) is 34.2 Å². The fraction of sp³-hybridized carbons (Fsp3) is 0.417. The first kappa shape index (κ1) is 11.7. The minimum absolute atomic E-state index is 0.0156. The van der Waals surface area contributed by atoms with E-state index in [-0.39, 0.29) is 17.6 Å². The maximum atomic E-state index is 11.3. The van der Waals surface area contributed by atoms with Crippen LogP contribution in [0.5, 0.6) is 0 Å². The second-order valence-electron chi connectivity index (χ2n) is 4.66. The Labute approximate surface area is 109 Å². The van der Waals surface area contributed by atoms with Gasteiger partial charge in [-0.1, -0.05) is 32.0 Å². The van der Waals surface area contributed by atoms with Gasteiger partial charge in [0, 0.05) is 8.99 Å². The summed E-state index contributed by atoms with van der Waals surface area (Å²) in [4.78, 5) is 11.3. The van der Waals surface area contributed by atoms with Crippen molar-refractivity contribution in [1.82, 2.24) is 5.32 Å². The van der Waals surface area contributed by atoms with Crippen LogP contribution in [0.25, 0.3) is 0 Å². The van der Waals surface area contributed by atoms with Crippen LogP contribution >= 0.6 is 22.6 Å². The Kier molecular flexibility index (Phi) is 3.10. The molecule has 2 rings (SSSR count). The van der Waals surface area contributed by atoms with Gasteiger partial charge in [-0.15, -0.1) is 0 Å². The van der Waals surface area contributed by atoms with E-state index in [4.69, 9.17) is 4.74 Å². The number of cyclic esters (lactones) is 1. The third-order valence-corrected chi connectivity index (χ3v) is 3.82. The molecule has 16 heavy (non-hydrogen) atoms. The molecule has 86 valence electrons. The number of rotatable bonds is 1. The molecule has 1 atom stereocenters. The molecule has 3 nitrogen and oxygen atoms in total. The van der Waals surface area contributed by atoms with Crippen LogP contribution in [0, 0.1) is 8.99 Å². The van der Waals surface area contributed by atoms with Crippen molar-refractivity contribution in [3.63, 3.8) is 0 Å². The molecule has 0 radical (unpaired) electrons.